The molecule has 0 aromatic carbocycles. The van der Waals surface area contributed by atoms with Crippen LogP contribution in [-0.4, -0.2) is 24.5 Å². The van der Waals surface area contributed by atoms with Gasteiger partial charge in [0.05, 0.1) is 0 Å². The van der Waals surface area contributed by atoms with Crippen LogP contribution in [0.15, 0.2) is 0 Å². The first kappa shape index (κ1) is 16.8. The monoisotopic (exact) mass is 274 g/mol. The summed E-state index contributed by atoms with van der Waals surface area (Å²) < 4.78 is 36.4. The summed E-state index contributed by atoms with van der Waals surface area (Å²) >= 11 is 0. The lowest BCUT2D eigenvalue weighted by molar-refractivity contribution is 0.204. The minimum atomic E-state index is -5.46. The zero-order chi connectivity index (χ0) is 10.9. The Bertz CT molecular complexity index is 277. The summed E-state index contributed by atoms with van der Waals surface area (Å²) in [6.07, 6.45) is 0. The molecule has 0 radical (unpaired) electrons. The average molecular weight is 274 g/mol. The molecule has 0 rings (SSSR count). The first-order chi connectivity index (χ1) is 5.41. The van der Waals surface area contributed by atoms with E-state index in [0.717, 1.165) is 0 Å². The molecule has 0 unspecified atom stereocenters. The lowest BCUT2D eigenvalue weighted by Gasteiger charge is -2.11. The summed E-state index contributed by atoms with van der Waals surface area (Å²) in [7, 11) is -16.2. The maximum Gasteiger partial charge on any atom is 0.490 e. The Morgan fingerprint density at radius 2 is 0.929 bits per heavy atom. The lowest BCUT2D eigenvalue weighted by Crippen LogP contribution is -1.91. The fourth-order valence-electron chi connectivity index (χ4n) is 0.284. The fourth-order valence-corrected chi connectivity index (χ4v) is 2.82. The largest absolute Gasteiger partial charge is 0.490 e. The van der Waals surface area contributed by atoms with E-state index >= 15 is 0 Å². The predicted octanol–water partition coefficient (Wildman–Crippen LogP) is -0.0585. The molecule has 0 aromatic rings. The second-order valence-corrected chi connectivity index (χ2v) is 5.82. The van der Waals surface area contributed by atoms with Crippen molar-refractivity contribution in [1.29, 1.82) is 0 Å². The van der Waals surface area contributed by atoms with Crippen LogP contribution in [0, 0.1) is 0 Å². The minimum absolute atomic E-state index is 0. The highest BCUT2D eigenvalue weighted by Gasteiger charge is 2.38. The third-order valence-corrected chi connectivity index (χ3v) is 3.77. The van der Waals surface area contributed by atoms with Gasteiger partial charge < -0.3 is 24.5 Å². The summed E-state index contributed by atoms with van der Waals surface area (Å²) in [6, 6.07) is 0. The molecule has 0 saturated carbocycles. The SMILES string of the molecule is C.O=P(O)(O)OP(=O)(O)OP(=O)(O)O. The normalized spacial score (nSPS) is 13.5. The summed E-state index contributed by atoms with van der Waals surface area (Å²) in [4.78, 5) is 40.2. The topological polar surface area (TPSA) is 171 Å². The van der Waals surface area contributed by atoms with E-state index in [4.69, 9.17) is 24.5 Å². The van der Waals surface area contributed by atoms with E-state index in [1.807, 2.05) is 0 Å². The second-order valence-electron chi connectivity index (χ2n) is 1.61. The van der Waals surface area contributed by atoms with E-state index in [2.05, 4.69) is 8.62 Å². The number of hydrogen-bond acceptors (Lipinski definition) is 5. The first-order valence-electron chi connectivity index (χ1n) is 2.28. The van der Waals surface area contributed by atoms with E-state index < -0.39 is 23.5 Å². The molecule has 5 N–H and O–H groups in total. The first-order valence-corrected chi connectivity index (χ1v) is 6.83. The van der Waals surface area contributed by atoms with E-state index in [-0.39, 0.29) is 7.43 Å². The van der Waals surface area contributed by atoms with Crippen molar-refractivity contribution < 1.29 is 46.8 Å². The Hall–Kier alpha value is 0.410. The van der Waals surface area contributed by atoms with Crippen molar-refractivity contribution in [3.8, 4) is 0 Å². The Kier molecular flexibility index (Phi) is 5.96. The predicted molar refractivity (Wildman–Crippen MR) is 42.8 cm³/mol. The molecule has 0 spiro atoms. The molecule has 13 heteroatoms. The van der Waals surface area contributed by atoms with E-state index in [1.54, 1.807) is 0 Å². The fraction of sp³-hybridized carbons (Fsp3) is 1.00. The molecule has 0 aliphatic carbocycles. The molecule has 88 valence electrons. The van der Waals surface area contributed by atoms with Crippen molar-refractivity contribution in [3.63, 3.8) is 0 Å². The van der Waals surface area contributed by atoms with Crippen molar-refractivity contribution in [2.24, 2.45) is 0 Å². The Labute approximate surface area is 78.6 Å². The van der Waals surface area contributed by atoms with Crippen LogP contribution in [-0.2, 0) is 22.3 Å². The van der Waals surface area contributed by atoms with Gasteiger partial charge >= 0.3 is 23.5 Å². The summed E-state index contributed by atoms with van der Waals surface area (Å²) in [6.45, 7) is 0. The van der Waals surface area contributed by atoms with Gasteiger partial charge in [-0.2, -0.15) is 8.62 Å². The van der Waals surface area contributed by atoms with Crippen LogP contribution in [0.3, 0.4) is 0 Å². The second kappa shape index (κ2) is 4.96. The van der Waals surface area contributed by atoms with Crippen molar-refractivity contribution in [3.05, 3.63) is 0 Å². The van der Waals surface area contributed by atoms with Gasteiger partial charge in [-0.15, -0.1) is 0 Å². The van der Waals surface area contributed by atoms with Crippen LogP contribution in [0.5, 0.6) is 0 Å². The van der Waals surface area contributed by atoms with E-state index in [9.17, 15) is 13.7 Å². The van der Waals surface area contributed by atoms with Crippen LogP contribution in [0.25, 0.3) is 0 Å². The maximum atomic E-state index is 10.4. The molecular formula is CH9O10P3. The van der Waals surface area contributed by atoms with Crippen LogP contribution < -0.4 is 0 Å². The van der Waals surface area contributed by atoms with Gasteiger partial charge in [-0.1, -0.05) is 7.43 Å². The highest BCUT2D eigenvalue weighted by Crippen LogP contribution is 2.64. The molecule has 0 amide bonds. The number of hydrogen-bond donors (Lipinski definition) is 5. The zero-order valence-electron chi connectivity index (χ0n) is 5.62. The lowest BCUT2D eigenvalue weighted by atomic mass is 12.0. The molecular weight excluding hydrogens is 265 g/mol. The van der Waals surface area contributed by atoms with Gasteiger partial charge in [0.15, 0.2) is 0 Å². The van der Waals surface area contributed by atoms with Crippen LogP contribution >= 0.6 is 23.5 Å². The standard InChI is InChI=1S/CH4.H5O10P3/c;1-11(2,3)9-13(7,8)10-12(4,5)6/h1H4;(H,7,8)(H2,1,2,3)(H2,4,5,6). The Morgan fingerprint density at radius 3 is 1.07 bits per heavy atom. The summed E-state index contributed by atoms with van der Waals surface area (Å²) in [5.74, 6) is 0. The zero-order valence-corrected chi connectivity index (χ0v) is 8.30. The summed E-state index contributed by atoms with van der Waals surface area (Å²) in [5, 5.41) is 0. The number of phosphoric acid groups is 3. The van der Waals surface area contributed by atoms with Crippen LogP contribution in [0.2, 0.25) is 0 Å². The smallest absolute Gasteiger partial charge is 0.302 e. The van der Waals surface area contributed by atoms with Crippen molar-refractivity contribution in [1.82, 2.24) is 0 Å². The Morgan fingerprint density at radius 1 is 0.714 bits per heavy atom. The highest BCUT2D eigenvalue weighted by molar-refractivity contribution is 7.66. The third kappa shape index (κ3) is 10.5. The maximum absolute atomic E-state index is 10.4. The van der Waals surface area contributed by atoms with Gasteiger partial charge in [-0.3, -0.25) is 0 Å². The van der Waals surface area contributed by atoms with Gasteiger partial charge in [-0.25, -0.2) is 13.7 Å². The molecule has 0 aliphatic heterocycles. The number of rotatable bonds is 4. The van der Waals surface area contributed by atoms with Gasteiger partial charge in [0.1, 0.15) is 0 Å². The van der Waals surface area contributed by atoms with Crippen LogP contribution in [0.4, 0.5) is 0 Å². The molecule has 0 atom stereocenters. The van der Waals surface area contributed by atoms with Crippen molar-refractivity contribution in [2.75, 3.05) is 0 Å². The molecule has 14 heavy (non-hydrogen) atoms. The van der Waals surface area contributed by atoms with Crippen molar-refractivity contribution in [2.45, 2.75) is 7.43 Å². The van der Waals surface area contributed by atoms with Crippen LogP contribution in [0.1, 0.15) is 7.43 Å². The molecule has 0 bridgehead atoms. The average Bonchev–Trinajstić information content (AvgIpc) is 1.43. The molecule has 0 heterocycles. The minimum Gasteiger partial charge on any atom is -0.302 e. The highest BCUT2D eigenvalue weighted by atomic mass is 31.3. The van der Waals surface area contributed by atoms with Gasteiger partial charge in [0, 0.05) is 0 Å². The molecule has 0 fully saturated rings. The molecule has 0 aromatic heterocycles. The quantitative estimate of drug-likeness (QED) is 0.437. The molecule has 10 nitrogen and oxygen atoms in total. The summed E-state index contributed by atoms with van der Waals surface area (Å²) in [5.41, 5.74) is 0. The van der Waals surface area contributed by atoms with E-state index in [0.29, 0.717) is 0 Å². The molecule has 0 saturated heterocycles. The van der Waals surface area contributed by atoms with E-state index in [1.165, 1.54) is 0 Å². The van der Waals surface area contributed by atoms with Gasteiger partial charge in [-0.05, 0) is 0 Å². The van der Waals surface area contributed by atoms with Crippen molar-refractivity contribution >= 4 is 23.5 Å². The third-order valence-electron chi connectivity index (χ3n) is 0.419. The van der Waals surface area contributed by atoms with Gasteiger partial charge in [0.2, 0.25) is 0 Å². The van der Waals surface area contributed by atoms with Gasteiger partial charge in [0.25, 0.3) is 0 Å². The molecule has 0 aliphatic rings. The Balaban J connectivity index is 0.